The van der Waals surface area contributed by atoms with Crippen molar-refractivity contribution in [2.24, 2.45) is 0 Å². The summed E-state index contributed by atoms with van der Waals surface area (Å²) in [5.74, 6) is -0.216. The van der Waals surface area contributed by atoms with Crippen LogP contribution in [-0.2, 0) is 26.2 Å². The van der Waals surface area contributed by atoms with Gasteiger partial charge in [0.2, 0.25) is 11.8 Å². The van der Waals surface area contributed by atoms with Crippen LogP contribution in [0.5, 0.6) is 5.75 Å². The molecular weight excluding hydrogens is 538 g/mol. The molecule has 0 unspecified atom stereocenters. The van der Waals surface area contributed by atoms with E-state index in [1.165, 1.54) is 17.0 Å². The van der Waals surface area contributed by atoms with Gasteiger partial charge in [0.05, 0.1) is 17.7 Å². The SMILES string of the molecule is CCNC(=O)[C@H](C)N(Cc1ccc(OC)cc1)C(=O)CN(c1ccc(Cl)cc1C)S(=O)(=O)c1ccc(C)cc1. The number of rotatable bonds is 11. The fourth-order valence-electron chi connectivity index (χ4n) is 4.08. The molecule has 0 heterocycles. The first kappa shape index (κ1) is 30.0. The number of methoxy groups -OCH3 is 1. The molecule has 0 aliphatic carbocycles. The summed E-state index contributed by atoms with van der Waals surface area (Å²) < 4.78 is 34.1. The monoisotopic (exact) mass is 571 g/mol. The van der Waals surface area contributed by atoms with E-state index in [-0.39, 0.29) is 17.3 Å². The van der Waals surface area contributed by atoms with Crippen LogP contribution in [0.2, 0.25) is 5.02 Å². The van der Waals surface area contributed by atoms with Crippen LogP contribution in [-0.4, -0.2) is 51.4 Å². The van der Waals surface area contributed by atoms with Crippen molar-refractivity contribution in [3.8, 4) is 5.75 Å². The number of nitrogens with zero attached hydrogens (tertiary/aromatic N) is 2. The molecule has 0 saturated heterocycles. The van der Waals surface area contributed by atoms with Crippen molar-refractivity contribution >= 4 is 39.1 Å². The summed E-state index contributed by atoms with van der Waals surface area (Å²) in [6, 6.07) is 17.5. The van der Waals surface area contributed by atoms with Gasteiger partial charge < -0.3 is 15.0 Å². The molecule has 0 spiro atoms. The number of ether oxygens (including phenoxy) is 1. The molecule has 0 aliphatic heterocycles. The first-order chi connectivity index (χ1) is 18.5. The Balaban J connectivity index is 2.05. The van der Waals surface area contributed by atoms with Crippen molar-refractivity contribution in [2.45, 2.75) is 45.2 Å². The molecule has 3 rings (SSSR count). The molecule has 39 heavy (non-hydrogen) atoms. The maximum absolute atomic E-state index is 13.9. The number of hydrogen-bond acceptors (Lipinski definition) is 5. The lowest BCUT2D eigenvalue weighted by molar-refractivity contribution is -0.139. The molecule has 0 aromatic heterocycles. The van der Waals surface area contributed by atoms with Crippen molar-refractivity contribution in [1.82, 2.24) is 10.2 Å². The van der Waals surface area contributed by atoms with Gasteiger partial charge in [0.15, 0.2) is 0 Å². The molecule has 0 bridgehead atoms. The van der Waals surface area contributed by atoms with Gasteiger partial charge in [0.1, 0.15) is 18.3 Å². The number of likely N-dealkylation sites (N-methyl/N-ethyl adjacent to an activating group) is 1. The number of halogens is 1. The Morgan fingerprint density at radius 3 is 2.21 bits per heavy atom. The Hall–Kier alpha value is -3.56. The lowest BCUT2D eigenvalue weighted by Gasteiger charge is -2.32. The van der Waals surface area contributed by atoms with E-state index < -0.39 is 28.5 Å². The molecule has 1 atom stereocenters. The summed E-state index contributed by atoms with van der Waals surface area (Å²) >= 11 is 6.15. The maximum atomic E-state index is 13.9. The fourth-order valence-corrected chi connectivity index (χ4v) is 5.79. The number of carbonyl (C=O) groups is 2. The van der Waals surface area contributed by atoms with Gasteiger partial charge in [-0.2, -0.15) is 0 Å². The summed E-state index contributed by atoms with van der Waals surface area (Å²) in [5, 5.41) is 3.19. The van der Waals surface area contributed by atoms with E-state index in [1.54, 1.807) is 82.5 Å². The van der Waals surface area contributed by atoms with Crippen molar-refractivity contribution in [1.29, 1.82) is 0 Å². The third-order valence-corrected chi connectivity index (χ3v) is 8.35. The van der Waals surface area contributed by atoms with Gasteiger partial charge in [-0.05, 0) is 81.3 Å². The molecule has 0 fully saturated rings. The minimum Gasteiger partial charge on any atom is -0.497 e. The molecule has 3 aromatic carbocycles. The van der Waals surface area contributed by atoms with Crippen LogP contribution >= 0.6 is 11.6 Å². The highest BCUT2D eigenvalue weighted by Gasteiger charge is 2.33. The molecule has 1 N–H and O–H groups in total. The van der Waals surface area contributed by atoms with Crippen LogP contribution in [0.15, 0.2) is 71.6 Å². The number of benzene rings is 3. The van der Waals surface area contributed by atoms with Crippen molar-refractivity contribution in [2.75, 3.05) is 24.5 Å². The van der Waals surface area contributed by atoms with E-state index in [1.807, 2.05) is 6.92 Å². The summed E-state index contributed by atoms with van der Waals surface area (Å²) in [5.41, 5.74) is 2.57. The second-order valence-electron chi connectivity index (χ2n) is 9.20. The average Bonchev–Trinajstić information content (AvgIpc) is 2.91. The Kier molecular flexibility index (Phi) is 9.99. The number of hydrogen-bond donors (Lipinski definition) is 1. The van der Waals surface area contributed by atoms with Crippen LogP contribution in [0.25, 0.3) is 0 Å². The van der Waals surface area contributed by atoms with Gasteiger partial charge in [0.25, 0.3) is 10.0 Å². The van der Waals surface area contributed by atoms with E-state index in [0.717, 1.165) is 15.4 Å². The molecular formula is C29H34ClN3O5S. The average molecular weight is 572 g/mol. The molecule has 10 heteroatoms. The van der Waals surface area contributed by atoms with Gasteiger partial charge in [-0.1, -0.05) is 41.4 Å². The van der Waals surface area contributed by atoms with Crippen molar-refractivity contribution in [3.05, 3.63) is 88.4 Å². The highest BCUT2D eigenvalue weighted by molar-refractivity contribution is 7.92. The zero-order valence-corrected chi connectivity index (χ0v) is 24.3. The van der Waals surface area contributed by atoms with Crippen LogP contribution in [0.3, 0.4) is 0 Å². The summed E-state index contributed by atoms with van der Waals surface area (Å²) in [7, 11) is -2.59. The highest BCUT2D eigenvalue weighted by atomic mass is 35.5. The van der Waals surface area contributed by atoms with E-state index in [4.69, 9.17) is 16.3 Å². The van der Waals surface area contributed by atoms with E-state index in [9.17, 15) is 18.0 Å². The van der Waals surface area contributed by atoms with Gasteiger partial charge >= 0.3 is 0 Å². The van der Waals surface area contributed by atoms with Crippen LogP contribution < -0.4 is 14.4 Å². The van der Waals surface area contributed by atoms with Gasteiger partial charge in [-0.3, -0.25) is 13.9 Å². The summed E-state index contributed by atoms with van der Waals surface area (Å²) in [6.07, 6.45) is 0. The fraction of sp³-hybridized carbons (Fsp3) is 0.310. The number of sulfonamides is 1. The van der Waals surface area contributed by atoms with Crippen molar-refractivity contribution < 1.29 is 22.7 Å². The predicted molar refractivity (Wildman–Crippen MR) is 154 cm³/mol. The zero-order chi connectivity index (χ0) is 28.7. The number of amides is 2. The first-order valence-electron chi connectivity index (χ1n) is 12.5. The van der Waals surface area contributed by atoms with Crippen LogP contribution in [0.4, 0.5) is 5.69 Å². The Morgan fingerprint density at radius 1 is 1.00 bits per heavy atom. The topological polar surface area (TPSA) is 96.0 Å². The second kappa shape index (κ2) is 13.0. The van der Waals surface area contributed by atoms with Gasteiger partial charge in [-0.15, -0.1) is 0 Å². The molecule has 8 nitrogen and oxygen atoms in total. The van der Waals surface area contributed by atoms with Crippen LogP contribution in [0.1, 0.15) is 30.5 Å². The summed E-state index contributed by atoms with van der Waals surface area (Å²) in [4.78, 5) is 28.1. The lowest BCUT2D eigenvalue weighted by atomic mass is 10.1. The van der Waals surface area contributed by atoms with Gasteiger partial charge in [0, 0.05) is 18.1 Å². The molecule has 2 amide bonds. The predicted octanol–water partition coefficient (Wildman–Crippen LogP) is 4.71. The molecule has 0 aliphatic rings. The quantitative estimate of drug-likeness (QED) is 0.359. The normalized spacial score (nSPS) is 11.9. The van der Waals surface area contributed by atoms with Crippen molar-refractivity contribution in [3.63, 3.8) is 0 Å². The minimum atomic E-state index is -4.15. The minimum absolute atomic E-state index is 0.0497. The van der Waals surface area contributed by atoms with Crippen LogP contribution in [0, 0.1) is 13.8 Å². The molecule has 3 aromatic rings. The summed E-state index contributed by atoms with van der Waals surface area (Å²) in [6.45, 7) is 6.98. The zero-order valence-electron chi connectivity index (χ0n) is 22.8. The lowest BCUT2D eigenvalue weighted by Crippen LogP contribution is -2.51. The van der Waals surface area contributed by atoms with E-state index >= 15 is 0 Å². The maximum Gasteiger partial charge on any atom is 0.264 e. The largest absolute Gasteiger partial charge is 0.497 e. The standard InChI is InChI=1S/C29H34ClN3O5S/c1-6-31-29(35)22(4)32(18-23-9-12-25(38-5)13-10-23)28(34)19-33(27-16-11-24(30)17-21(27)3)39(36,37)26-14-7-20(2)8-15-26/h7-17,22H,6,18-19H2,1-5H3,(H,31,35)/t22-/m0/s1. The Morgan fingerprint density at radius 2 is 1.64 bits per heavy atom. The molecule has 0 radical (unpaired) electrons. The molecule has 0 saturated carbocycles. The smallest absolute Gasteiger partial charge is 0.264 e. The highest BCUT2D eigenvalue weighted by Crippen LogP contribution is 2.29. The first-order valence-corrected chi connectivity index (χ1v) is 14.4. The number of anilines is 1. The van der Waals surface area contributed by atoms with E-state index in [0.29, 0.717) is 28.6 Å². The third-order valence-electron chi connectivity index (χ3n) is 6.35. The number of carbonyl (C=O) groups excluding carboxylic acids is 2. The Labute approximate surface area is 235 Å². The number of aryl methyl sites for hydroxylation is 2. The third kappa shape index (κ3) is 7.30. The second-order valence-corrected chi connectivity index (χ2v) is 11.5. The number of nitrogens with one attached hydrogen (secondary N) is 1. The van der Waals surface area contributed by atoms with E-state index in [2.05, 4.69) is 5.32 Å². The van der Waals surface area contributed by atoms with Gasteiger partial charge in [-0.25, -0.2) is 8.42 Å². The Bertz CT molecular complexity index is 1410. The molecule has 208 valence electrons.